The molecular formula is C7H9OSi. The van der Waals surface area contributed by atoms with Gasteiger partial charge in [-0.3, -0.25) is 0 Å². The van der Waals surface area contributed by atoms with E-state index in [0.717, 1.165) is 24.0 Å². The van der Waals surface area contributed by atoms with Gasteiger partial charge in [0, 0.05) is 0 Å². The van der Waals surface area contributed by atoms with Crippen molar-refractivity contribution in [3.8, 4) is 0 Å². The van der Waals surface area contributed by atoms with E-state index in [1.165, 1.54) is 0 Å². The summed E-state index contributed by atoms with van der Waals surface area (Å²) in [6.07, 6.45) is 5.05. The molecule has 0 aromatic rings. The molecule has 1 rings (SSSR count). The minimum Gasteiger partial charge on any atom is -0.494 e. The van der Waals surface area contributed by atoms with Gasteiger partial charge in [0.25, 0.3) is 0 Å². The van der Waals surface area contributed by atoms with E-state index in [1.54, 1.807) is 0 Å². The second-order valence-electron chi connectivity index (χ2n) is 1.88. The van der Waals surface area contributed by atoms with Crippen LogP contribution in [0.3, 0.4) is 0 Å². The first kappa shape index (κ1) is 6.61. The zero-order valence-corrected chi connectivity index (χ0v) is 6.48. The van der Waals surface area contributed by atoms with Crippen molar-refractivity contribution in [3.63, 3.8) is 0 Å². The SMILES string of the molecule is CCOC1=C([Si])CC=C1. The van der Waals surface area contributed by atoms with Gasteiger partial charge in [0.15, 0.2) is 0 Å². The van der Waals surface area contributed by atoms with Gasteiger partial charge in [-0.15, -0.1) is 0 Å². The van der Waals surface area contributed by atoms with Crippen LogP contribution in [-0.2, 0) is 4.74 Å². The van der Waals surface area contributed by atoms with Crippen LogP contribution in [0.4, 0.5) is 0 Å². The number of rotatable bonds is 2. The van der Waals surface area contributed by atoms with E-state index in [2.05, 4.69) is 16.3 Å². The summed E-state index contributed by atoms with van der Waals surface area (Å²) in [5.74, 6) is 0.981. The van der Waals surface area contributed by atoms with Crippen molar-refractivity contribution in [2.75, 3.05) is 6.61 Å². The smallest absolute Gasteiger partial charge is 0.113 e. The van der Waals surface area contributed by atoms with Crippen LogP contribution in [0.25, 0.3) is 0 Å². The second-order valence-corrected chi connectivity index (χ2v) is 2.49. The van der Waals surface area contributed by atoms with Crippen LogP contribution in [0.2, 0.25) is 0 Å². The third-order valence-corrected chi connectivity index (χ3v) is 1.64. The molecule has 1 aliphatic rings. The van der Waals surface area contributed by atoms with Crippen LogP contribution in [0.15, 0.2) is 23.1 Å². The highest BCUT2D eigenvalue weighted by Gasteiger charge is 2.03. The highest BCUT2D eigenvalue weighted by molar-refractivity contribution is 6.22. The lowest BCUT2D eigenvalue weighted by atomic mass is 10.5. The standard InChI is InChI=1S/C7H9OSi/c1-2-8-6-4-3-5-7(6)9/h3-4H,2,5H2,1H3. The van der Waals surface area contributed by atoms with Crippen molar-refractivity contribution >= 4 is 10.2 Å². The molecular weight excluding hydrogens is 128 g/mol. The molecule has 0 aromatic heterocycles. The summed E-state index contributed by atoms with van der Waals surface area (Å²) in [6, 6.07) is 0. The second kappa shape index (κ2) is 2.87. The molecule has 0 amide bonds. The Morgan fingerprint density at radius 2 is 2.56 bits per heavy atom. The minimum atomic E-state index is 0.744. The number of ether oxygens (including phenoxy) is 1. The summed E-state index contributed by atoms with van der Waals surface area (Å²) < 4.78 is 5.26. The molecule has 0 unspecified atom stereocenters. The van der Waals surface area contributed by atoms with E-state index in [9.17, 15) is 0 Å². The first-order chi connectivity index (χ1) is 4.34. The Bertz CT molecular complexity index is 158. The Labute approximate surface area is 58.8 Å². The van der Waals surface area contributed by atoms with Gasteiger partial charge >= 0.3 is 0 Å². The Morgan fingerprint density at radius 1 is 1.78 bits per heavy atom. The summed E-state index contributed by atoms with van der Waals surface area (Å²) >= 11 is 0. The molecule has 0 bridgehead atoms. The Morgan fingerprint density at radius 3 is 3.00 bits per heavy atom. The fourth-order valence-corrected chi connectivity index (χ4v) is 1.05. The van der Waals surface area contributed by atoms with E-state index in [0.29, 0.717) is 0 Å². The largest absolute Gasteiger partial charge is 0.494 e. The molecule has 0 saturated heterocycles. The van der Waals surface area contributed by atoms with Gasteiger partial charge in [-0.1, -0.05) is 6.08 Å². The van der Waals surface area contributed by atoms with Crippen molar-refractivity contribution in [2.45, 2.75) is 13.3 Å². The van der Waals surface area contributed by atoms with Crippen molar-refractivity contribution in [1.29, 1.82) is 0 Å². The van der Waals surface area contributed by atoms with E-state index < -0.39 is 0 Å². The number of hydrogen-bond donors (Lipinski definition) is 0. The maximum atomic E-state index is 5.26. The van der Waals surface area contributed by atoms with Crippen LogP contribution in [0, 0.1) is 0 Å². The van der Waals surface area contributed by atoms with Crippen LogP contribution >= 0.6 is 0 Å². The first-order valence-electron chi connectivity index (χ1n) is 3.08. The van der Waals surface area contributed by atoms with Crippen molar-refractivity contribution in [1.82, 2.24) is 0 Å². The third kappa shape index (κ3) is 1.45. The molecule has 0 spiro atoms. The molecule has 0 N–H and O–H groups in total. The molecule has 0 aromatic carbocycles. The highest BCUT2D eigenvalue weighted by atomic mass is 28.1. The number of allylic oxidation sites excluding steroid dienone is 3. The van der Waals surface area contributed by atoms with E-state index >= 15 is 0 Å². The molecule has 0 atom stereocenters. The first-order valence-corrected chi connectivity index (χ1v) is 3.58. The van der Waals surface area contributed by atoms with Crippen molar-refractivity contribution in [2.24, 2.45) is 0 Å². The average Bonchev–Trinajstić information content (AvgIpc) is 2.18. The maximum absolute atomic E-state index is 5.26. The normalized spacial score (nSPS) is 17.1. The molecule has 0 heterocycles. The summed E-state index contributed by atoms with van der Waals surface area (Å²) in [5.41, 5.74) is 0. The van der Waals surface area contributed by atoms with Gasteiger partial charge in [0.05, 0.1) is 16.8 Å². The Hall–Kier alpha value is -0.503. The predicted molar refractivity (Wildman–Crippen MR) is 38.2 cm³/mol. The van der Waals surface area contributed by atoms with Crippen LogP contribution < -0.4 is 0 Å². The zero-order valence-electron chi connectivity index (χ0n) is 5.48. The molecule has 0 saturated carbocycles. The predicted octanol–water partition coefficient (Wildman–Crippen LogP) is 1.36. The lowest BCUT2D eigenvalue weighted by Gasteiger charge is -2.01. The topological polar surface area (TPSA) is 9.23 Å². The van der Waals surface area contributed by atoms with Crippen LogP contribution in [0.5, 0.6) is 0 Å². The minimum absolute atomic E-state index is 0.744. The molecule has 0 aliphatic heterocycles. The molecule has 9 heavy (non-hydrogen) atoms. The Balaban J connectivity index is 2.54. The van der Waals surface area contributed by atoms with Gasteiger partial charge in [-0.05, 0) is 24.6 Å². The molecule has 2 heteroatoms. The monoisotopic (exact) mass is 137 g/mol. The molecule has 47 valence electrons. The summed E-state index contributed by atoms with van der Waals surface area (Å²) in [7, 11) is 3.45. The van der Waals surface area contributed by atoms with Crippen LogP contribution in [-0.4, -0.2) is 16.8 Å². The number of hydrogen-bond acceptors (Lipinski definition) is 1. The molecule has 1 nitrogen and oxygen atoms in total. The lowest BCUT2D eigenvalue weighted by molar-refractivity contribution is 0.242. The maximum Gasteiger partial charge on any atom is 0.113 e. The molecule has 0 fully saturated rings. The van der Waals surface area contributed by atoms with Gasteiger partial charge in [0.2, 0.25) is 0 Å². The fourth-order valence-electron chi connectivity index (χ4n) is 0.776. The molecule has 1 aliphatic carbocycles. The van der Waals surface area contributed by atoms with E-state index in [-0.39, 0.29) is 0 Å². The van der Waals surface area contributed by atoms with Gasteiger partial charge < -0.3 is 4.74 Å². The Kier molecular flexibility index (Phi) is 2.11. The van der Waals surface area contributed by atoms with Gasteiger partial charge in [0.1, 0.15) is 5.76 Å². The lowest BCUT2D eigenvalue weighted by Crippen LogP contribution is -1.89. The quantitative estimate of drug-likeness (QED) is 0.522. The van der Waals surface area contributed by atoms with E-state index in [4.69, 9.17) is 4.74 Å². The average molecular weight is 137 g/mol. The third-order valence-electron chi connectivity index (χ3n) is 1.19. The van der Waals surface area contributed by atoms with Crippen molar-refractivity contribution in [3.05, 3.63) is 23.1 Å². The summed E-state index contributed by atoms with van der Waals surface area (Å²) in [5, 5.41) is 1.15. The van der Waals surface area contributed by atoms with E-state index in [1.807, 2.05) is 13.0 Å². The van der Waals surface area contributed by atoms with Crippen molar-refractivity contribution < 1.29 is 4.74 Å². The molecule has 3 radical (unpaired) electrons. The summed E-state index contributed by atoms with van der Waals surface area (Å²) in [4.78, 5) is 0. The highest BCUT2D eigenvalue weighted by Crippen LogP contribution is 2.15. The summed E-state index contributed by atoms with van der Waals surface area (Å²) in [6.45, 7) is 2.73. The fraction of sp³-hybridized carbons (Fsp3) is 0.429. The zero-order chi connectivity index (χ0) is 6.69. The van der Waals surface area contributed by atoms with Gasteiger partial charge in [-0.2, -0.15) is 0 Å². The van der Waals surface area contributed by atoms with Gasteiger partial charge in [-0.25, -0.2) is 0 Å². The van der Waals surface area contributed by atoms with Crippen LogP contribution in [0.1, 0.15) is 13.3 Å².